The van der Waals surface area contributed by atoms with Gasteiger partial charge in [0.05, 0.1) is 11.9 Å². The standard InChI is InChI=1S/C16H26N2O3S/c1-22(20,21)17-11-12-18(13-15-7-3-2-4-8-15)14-16(19)9-5-6-10-16/h2-4,7-8,17,19H,5-6,9-14H2,1H3. The van der Waals surface area contributed by atoms with Crippen molar-refractivity contribution in [1.82, 2.24) is 9.62 Å². The summed E-state index contributed by atoms with van der Waals surface area (Å²) in [6, 6.07) is 10.1. The zero-order valence-electron chi connectivity index (χ0n) is 13.2. The second-order valence-electron chi connectivity index (χ2n) is 6.29. The van der Waals surface area contributed by atoms with E-state index in [1.807, 2.05) is 18.2 Å². The van der Waals surface area contributed by atoms with Gasteiger partial charge in [-0.15, -0.1) is 0 Å². The summed E-state index contributed by atoms with van der Waals surface area (Å²) in [6.07, 6.45) is 4.96. The summed E-state index contributed by atoms with van der Waals surface area (Å²) in [7, 11) is -3.17. The highest BCUT2D eigenvalue weighted by Gasteiger charge is 2.32. The van der Waals surface area contributed by atoms with E-state index in [0.717, 1.165) is 25.7 Å². The van der Waals surface area contributed by atoms with E-state index < -0.39 is 15.6 Å². The van der Waals surface area contributed by atoms with Gasteiger partial charge in [-0.3, -0.25) is 4.90 Å². The number of hydrogen-bond acceptors (Lipinski definition) is 4. The van der Waals surface area contributed by atoms with Crippen molar-refractivity contribution in [3.05, 3.63) is 35.9 Å². The van der Waals surface area contributed by atoms with Crippen LogP contribution in [0.1, 0.15) is 31.2 Å². The summed E-state index contributed by atoms with van der Waals surface area (Å²) in [5, 5.41) is 10.6. The maximum Gasteiger partial charge on any atom is 0.208 e. The van der Waals surface area contributed by atoms with Crippen molar-refractivity contribution in [1.29, 1.82) is 0 Å². The zero-order valence-corrected chi connectivity index (χ0v) is 14.0. The third-order valence-electron chi connectivity index (χ3n) is 4.09. The number of nitrogens with zero attached hydrogens (tertiary/aromatic N) is 1. The van der Waals surface area contributed by atoms with Gasteiger partial charge >= 0.3 is 0 Å². The number of sulfonamides is 1. The Balaban J connectivity index is 1.96. The molecule has 22 heavy (non-hydrogen) atoms. The second-order valence-corrected chi connectivity index (χ2v) is 8.13. The van der Waals surface area contributed by atoms with Crippen LogP contribution in [0.15, 0.2) is 30.3 Å². The van der Waals surface area contributed by atoms with Crippen LogP contribution in [-0.4, -0.2) is 49.9 Å². The highest BCUT2D eigenvalue weighted by molar-refractivity contribution is 7.88. The van der Waals surface area contributed by atoms with Crippen LogP contribution < -0.4 is 4.72 Å². The molecular weight excluding hydrogens is 300 g/mol. The minimum absolute atomic E-state index is 0.363. The van der Waals surface area contributed by atoms with Gasteiger partial charge < -0.3 is 5.11 Å². The van der Waals surface area contributed by atoms with Gasteiger partial charge in [0, 0.05) is 26.2 Å². The molecule has 0 amide bonds. The Labute approximate surface area is 133 Å². The maximum absolute atomic E-state index is 11.2. The van der Waals surface area contributed by atoms with Crippen LogP contribution in [0.5, 0.6) is 0 Å². The lowest BCUT2D eigenvalue weighted by atomic mass is 10.0. The molecule has 5 nitrogen and oxygen atoms in total. The molecule has 0 heterocycles. The maximum atomic E-state index is 11.2. The Morgan fingerprint density at radius 1 is 1.23 bits per heavy atom. The molecule has 1 aromatic rings. The molecular formula is C16H26N2O3S. The van der Waals surface area contributed by atoms with E-state index >= 15 is 0 Å². The third-order valence-corrected chi connectivity index (χ3v) is 4.82. The van der Waals surface area contributed by atoms with Gasteiger partial charge in [0.25, 0.3) is 0 Å². The lowest BCUT2D eigenvalue weighted by molar-refractivity contribution is 0.00768. The molecule has 0 aromatic heterocycles. The van der Waals surface area contributed by atoms with E-state index in [9.17, 15) is 13.5 Å². The average Bonchev–Trinajstić information content (AvgIpc) is 2.85. The first-order valence-corrected chi connectivity index (χ1v) is 9.69. The predicted octanol–water partition coefficient (Wildman–Crippen LogP) is 1.34. The summed E-state index contributed by atoms with van der Waals surface area (Å²) in [4.78, 5) is 2.14. The highest BCUT2D eigenvalue weighted by atomic mass is 32.2. The van der Waals surface area contributed by atoms with Gasteiger partial charge in [-0.25, -0.2) is 13.1 Å². The highest BCUT2D eigenvalue weighted by Crippen LogP contribution is 2.30. The molecule has 0 atom stereocenters. The molecule has 2 N–H and O–H groups in total. The van der Waals surface area contributed by atoms with E-state index in [2.05, 4.69) is 21.8 Å². The SMILES string of the molecule is CS(=O)(=O)NCCN(Cc1ccccc1)CC1(O)CCCC1. The molecule has 124 valence electrons. The Morgan fingerprint density at radius 2 is 1.86 bits per heavy atom. The largest absolute Gasteiger partial charge is 0.389 e. The lowest BCUT2D eigenvalue weighted by Gasteiger charge is -2.31. The van der Waals surface area contributed by atoms with Crippen molar-refractivity contribution in [2.45, 2.75) is 37.8 Å². The van der Waals surface area contributed by atoms with E-state index in [0.29, 0.717) is 26.2 Å². The lowest BCUT2D eigenvalue weighted by Crippen LogP contribution is -2.43. The number of rotatable bonds is 8. The summed E-state index contributed by atoms with van der Waals surface area (Å²) < 4.78 is 24.9. The normalized spacial score (nSPS) is 18.0. The number of aliphatic hydroxyl groups is 1. The molecule has 0 radical (unpaired) electrons. The first kappa shape index (κ1) is 17.4. The summed E-state index contributed by atoms with van der Waals surface area (Å²) in [6.45, 7) is 2.26. The Morgan fingerprint density at radius 3 is 2.45 bits per heavy atom. The summed E-state index contributed by atoms with van der Waals surface area (Å²) in [5.74, 6) is 0. The van der Waals surface area contributed by atoms with Gasteiger partial charge in [0.2, 0.25) is 10.0 Å². The van der Waals surface area contributed by atoms with Crippen molar-refractivity contribution in [3.8, 4) is 0 Å². The third kappa shape index (κ3) is 6.04. The fraction of sp³-hybridized carbons (Fsp3) is 0.625. The first-order chi connectivity index (χ1) is 10.4. The molecule has 0 unspecified atom stereocenters. The predicted molar refractivity (Wildman–Crippen MR) is 88.0 cm³/mol. The molecule has 1 aliphatic rings. The smallest absolute Gasteiger partial charge is 0.208 e. The minimum atomic E-state index is -3.17. The van der Waals surface area contributed by atoms with Crippen molar-refractivity contribution < 1.29 is 13.5 Å². The van der Waals surface area contributed by atoms with Gasteiger partial charge in [-0.2, -0.15) is 0 Å². The fourth-order valence-corrected chi connectivity index (χ4v) is 3.51. The molecule has 1 aliphatic carbocycles. The molecule has 1 aromatic carbocycles. The summed E-state index contributed by atoms with van der Waals surface area (Å²) in [5.41, 5.74) is 0.545. The van der Waals surface area contributed by atoms with Gasteiger partial charge in [0.1, 0.15) is 0 Å². The number of benzene rings is 1. The van der Waals surface area contributed by atoms with Crippen LogP contribution in [0.3, 0.4) is 0 Å². The van der Waals surface area contributed by atoms with Gasteiger partial charge in [0.15, 0.2) is 0 Å². The Kier molecular flexibility index (Phi) is 5.97. The average molecular weight is 326 g/mol. The fourth-order valence-electron chi connectivity index (χ4n) is 3.05. The van der Waals surface area contributed by atoms with Crippen LogP contribution in [0.2, 0.25) is 0 Å². The van der Waals surface area contributed by atoms with E-state index in [4.69, 9.17) is 0 Å². The topological polar surface area (TPSA) is 69.6 Å². The number of nitrogens with one attached hydrogen (secondary N) is 1. The molecule has 1 saturated carbocycles. The van der Waals surface area contributed by atoms with Crippen molar-refractivity contribution in [3.63, 3.8) is 0 Å². The van der Waals surface area contributed by atoms with Crippen LogP contribution in [0.25, 0.3) is 0 Å². The van der Waals surface area contributed by atoms with Crippen molar-refractivity contribution >= 4 is 10.0 Å². The molecule has 0 spiro atoms. The first-order valence-electron chi connectivity index (χ1n) is 7.80. The molecule has 2 rings (SSSR count). The minimum Gasteiger partial charge on any atom is -0.389 e. The molecule has 0 bridgehead atoms. The van der Waals surface area contributed by atoms with Crippen LogP contribution >= 0.6 is 0 Å². The zero-order chi connectivity index (χ0) is 16.1. The molecule has 0 saturated heterocycles. The van der Waals surface area contributed by atoms with Crippen molar-refractivity contribution in [2.75, 3.05) is 25.9 Å². The van der Waals surface area contributed by atoms with E-state index in [-0.39, 0.29) is 0 Å². The van der Waals surface area contributed by atoms with E-state index in [1.165, 1.54) is 11.8 Å². The quantitative estimate of drug-likeness (QED) is 0.756. The van der Waals surface area contributed by atoms with E-state index in [1.54, 1.807) is 0 Å². The van der Waals surface area contributed by atoms with Crippen LogP contribution in [0, 0.1) is 0 Å². The molecule has 6 heteroatoms. The number of hydrogen-bond donors (Lipinski definition) is 2. The monoisotopic (exact) mass is 326 g/mol. The molecule has 1 fully saturated rings. The van der Waals surface area contributed by atoms with Crippen LogP contribution in [-0.2, 0) is 16.6 Å². The van der Waals surface area contributed by atoms with Crippen molar-refractivity contribution in [2.24, 2.45) is 0 Å². The van der Waals surface area contributed by atoms with Crippen LogP contribution in [0.4, 0.5) is 0 Å². The second kappa shape index (κ2) is 7.55. The van der Waals surface area contributed by atoms with Gasteiger partial charge in [-0.05, 0) is 18.4 Å². The molecule has 0 aliphatic heterocycles. The van der Waals surface area contributed by atoms with Gasteiger partial charge in [-0.1, -0.05) is 43.2 Å². The Bertz CT molecular complexity index is 554. The summed E-state index contributed by atoms with van der Waals surface area (Å²) >= 11 is 0. The Hall–Kier alpha value is -0.950.